The molecule has 0 amide bonds. The number of aryl methyl sites for hydroxylation is 2. The summed E-state index contributed by atoms with van der Waals surface area (Å²) in [6, 6.07) is 9.22. The van der Waals surface area contributed by atoms with Gasteiger partial charge in [0.1, 0.15) is 0 Å². The summed E-state index contributed by atoms with van der Waals surface area (Å²) < 4.78 is 1.87. The molecule has 0 aliphatic carbocycles. The zero-order valence-corrected chi connectivity index (χ0v) is 22.8. The summed E-state index contributed by atoms with van der Waals surface area (Å²) in [7, 11) is 8.15. The highest BCUT2D eigenvalue weighted by Gasteiger charge is 2.17. The number of nitrogens with zero attached hydrogens (tertiary/aromatic N) is 4. The van der Waals surface area contributed by atoms with Crippen molar-refractivity contribution >= 4 is 62.7 Å². The predicted octanol–water partition coefficient (Wildman–Crippen LogP) is 5.67. The molecular weight excluding hydrogens is 495 g/mol. The van der Waals surface area contributed by atoms with Crippen LogP contribution in [0.5, 0.6) is 0 Å². The number of anilines is 2. The number of imidazole rings is 1. The van der Waals surface area contributed by atoms with E-state index in [1.807, 2.05) is 36.7 Å². The molecule has 4 rings (SSSR count). The number of halogens is 2. The van der Waals surface area contributed by atoms with Gasteiger partial charge in [-0.1, -0.05) is 41.4 Å². The Morgan fingerprint density at radius 3 is 2.53 bits per heavy atom. The van der Waals surface area contributed by atoms with Gasteiger partial charge in [0.25, 0.3) is 5.56 Å². The van der Waals surface area contributed by atoms with Crippen LogP contribution in [0.1, 0.15) is 17.7 Å². The summed E-state index contributed by atoms with van der Waals surface area (Å²) in [5.74, 6) is 0.547. The van der Waals surface area contributed by atoms with Crippen molar-refractivity contribution in [2.75, 3.05) is 46.1 Å². The second-order valence-electron chi connectivity index (χ2n) is 9.39. The van der Waals surface area contributed by atoms with Crippen LogP contribution in [0.25, 0.3) is 27.9 Å². The molecule has 7 nitrogen and oxygen atoms in total. The lowest BCUT2D eigenvalue weighted by Gasteiger charge is -2.16. The van der Waals surface area contributed by atoms with E-state index in [0.717, 1.165) is 48.2 Å². The Labute approximate surface area is 221 Å². The van der Waals surface area contributed by atoms with E-state index in [1.54, 1.807) is 18.2 Å². The van der Waals surface area contributed by atoms with Crippen LogP contribution in [0.15, 0.2) is 41.2 Å². The zero-order valence-electron chi connectivity index (χ0n) is 21.3. The normalized spacial score (nSPS) is 12.1. The molecule has 0 saturated carbocycles. The summed E-state index contributed by atoms with van der Waals surface area (Å²) in [6.07, 6.45) is 5.21. The number of hydrogen-bond donors (Lipinski definition) is 2. The average Bonchev–Trinajstić information content (AvgIpc) is 3.14. The molecule has 0 fully saturated rings. The van der Waals surface area contributed by atoms with Gasteiger partial charge >= 0.3 is 0 Å². The van der Waals surface area contributed by atoms with Crippen molar-refractivity contribution in [2.24, 2.45) is 7.05 Å². The lowest BCUT2D eigenvalue weighted by atomic mass is 10.0. The number of likely N-dealkylation sites (N-methyl/N-ethyl adjacent to an activating group) is 1. The highest BCUT2D eigenvalue weighted by molar-refractivity contribution is 6.39. The van der Waals surface area contributed by atoms with Crippen LogP contribution in [0.2, 0.25) is 10.0 Å². The molecule has 0 aliphatic heterocycles. The number of H-pyrrole nitrogens is 1. The third kappa shape index (κ3) is 5.44. The first kappa shape index (κ1) is 26.2. The summed E-state index contributed by atoms with van der Waals surface area (Å²) in [6.45, 7) is 4.93. The van der Waals surface area contributed by atoms with E-state index < -0.39 is 0 Å². The van der Waals surface area contributed by atoms with Crippen LogP contribution in [0.3, 0.4) is 0 Å². The van der Waals surface area contributed by atoms with Crippen LogP contribution in [-0.4, -0.2) is 65.1 Å². The molecule has 9 heteroatoms. The van der Waals surface area contributed by atoms with Crippen molar-refractivity contribution in [3.63, 3.8) is 0 Å². The lowest BCUT2D eigenvalue weighted by molar-refractivity contribution is 0.322. The van der Waals surface area contributed by atoms with Crippen LogP contribution in [0, 0.1) is 6.92 Å². The molecule has 2 aromatic carbocycles. The quantitative estimate of drug-likeness (QED) is 0.294. The van der Waals surface area contributed by atoms with Crippen LogP contribution < -0.4 is 10.9 Å². The van der Waals surface area contributed by atoms with Crippen molar-refractivity contribution in [1.82, 2.24) is 24.3 Å². The van der Waals surface area contributed by atoms with Crippen molar-refractivity contribution in [2.45, 2.75) is 13.3 Å². The fourth-order valence-electron chi connectivity index (χ4n) is 4.38. The molecule has 2 heterocycles. The SMILES string of the molecule is Cc1c(/C=C\CN(C)CCCN(C)C)[nH]c(=O)c2c1ccc1nc(Nc3c(Cl)cccc3Cl)n(C)c12. The van der Waals surface area contributed by atoms with E-state index in [-0.39, 0.29) is 5.56 Å². The molecule has 0 bridgehead atoms. The van der Waals surface area contributed by atoms with Gasteiger partial charge in [-0.15, -0.1) is 0 Å². The second kappa shape index (κ2) is 11.0. The van der Waals surface area contributed by atoms with Gasteiger partial charge in [0.15, 0.2) is 0 Å². The Bertz CT molecular complexity index is 1470. The molecule has 36 heavy (non-hydrogen) atoms. The van der Waals surface area contributed by atoms with Crippen LogP contribution in [-0.2, 0) is 7.05 Å². The van der Waals surface area contributed by atoms with Crippen molar-refractivity contribution in [3.05, 3.63) is 68.1 Å². The van der Waals surface area contributed by atoms with Gasteiger partial charge in [0.2, 0.25) is 5.95 Å². The van der Waals surface area contributed by atoms with E-state index in [0.29, 0.717) is 32.6 Å². The first-order valence-electron chi connectivity index (χ1n) is 11.9. The van der Waals surface area contributed by atoms with Gasteiger partial charge in [0, 0.05) is 19.3 Å². The highest BCUT2D eigenvalue weighted by Crippen LogP contribution is 2.34. The molecule has 0 spiro atoms. The molecule has 0 aliphatic rings. The Morgan fingerprint density at radius 1 is 1.11 bits per heavy atom. The van der Waals surface area contributed by atoms with Gasteiger partial charge in [0.05, 0.1) is 32.2 Å². The molecule has 2 aromatic heterocycles. The van der Waals surface area contributed by atoms with Gasteiger partial charge in [-0.3, -0.25) is 4.79 Å². The van der Waals surface area contributed by atoms with E-state index in [2.05, 4.69) is 47.3 Å². The summed E-state index contributed by atoms with van der Waals surface area (Å²) >= 11 is 12.7. The van der Waals surface area contributed by atoms with Crippen LogP contribution >= 0.6 is 23.2 Å². The zero-order chi connectivity index (χ0) is 26.0. The number of hydrogen-bond acceptors (Lipinski definition) is 5. The number of aromatic amines is 1. The molecule has 0 radical (unpaired) electrons. The fraction of sp³-hybridized carbons (Fsp3) is 0.333. The van der Waals surface area contributed by atoms with Gasteiger partial charge < -0.3 is 24.7 Å². The van der Waals surface area contributed by atoms with Gasteiger partial charge in [-0.2, -0.15) is 0 Å². The largest absolute Gasteiger partial charge is 0.323 e. The van der Waals surface area contributed by atoms with Crippen molar-refractivity contribution in [1.29, 1.82) is 0 Å². The second-order valence-corrected chi connectivity index (χ2v) is 10.2. The Hall–Kier alpha value is -2.84. The molecule has 0 atom stereocenters. The Morgan fingerprint density at radius 2 is 1.83 bits per heavy atom. The summed E-state index contributed by atoms with van der Waals surface area (Å²) in [5.41, 5.74) is 3.72. The standard InChI is InChI=1S/C27H32Cl2N6O/c1-17-18-12-13-22-25(35(5)27(31-22)32-24-19(28)9-6-10-20(24)29)23(18)26(36)30-21(17)11-7-15-34(4)16-8-14-33(2)3/h6-7,9-13H,8,14-16H2,1-5H3,(H,30,36)(H,31,32)/b11-7-. The molecule has 2 N–H and O–H groups in total. The highest BCUT2D eigenvalue weighted by atomic mass is 35.5. The minimum Gasteiger partial charge on any atom is -0.323 e. The topological polar surface area (TPSA) is 69.2 Å². The maximum Gasteiger partial charge on any atom is 0.258 e. The first-order chi connectivity index (χ1) is 17.2. The number of benzene rings is 2. The van der Waals surface area contributed by atoms with Crippen molar-refractivity contribution < 1.29 is 0 Å². The smallest absolute Gasteiger partial charge is 0.258 e. The van der Waals surface area contributed by atoms with E-state index in [1.165, 1.54) is 0 Å². The van der Waals surface area contributed by atoms with Crippen LogP contribution in [0.4, 0.5) is 11.6 Å². The number of para-hydroxylation sites is 1. The Kier molecular flexibility index (Phi) is 8.05. The third-order valence-electron chi connectivity index (χ3n) is 6.37. The number of aromatic nitrogens is 3. The molecule has 4 aromatic rings. The van der Waals surface area contributed by atoms with E-state index in [4.69, 9.17) is 28.2 Å². The number of pyridine rings is 1. The molecule has 0 unspecified atom stereocenters. The maximum atomic E-state index is 13.3. The summed E-state index contributed by atoms with van der Waals surface area (Å²) in [4.78, 5) is 25.5. The minimum atomic E-state index is -0.148. The van der Waals surface area contributed by atoms with Crippen molar-refractivity contribution in [3.8, 4) is 0 Å². The maximum absolute atomic E-state index is 13.3. The third-order valence-corrected chi connectivity index (χ3v) is 7.00. The molecule has 0 saturated heterocycles. The average molecular weight is 528 g/mol. The number of rotatable bonds is 9. The lowest BCUT2D eigenvalue weighted by Crippen LogP contribution is -2.23. The first-order valence-corrected chi connectivity index (χ1v) is 12.7. The fourth-order valence-corrected chi connectivity index (χ4v) is 4.87. The van der Waals surface area contributed by atoms with E-state index in [9.17, 15) is 4.79 Å². The van der Waals surface area contributed by atoms with Gasteiger partial charge in [-0.25, -0.2) is 4.98 Å². The monoisotopic (exact) mass is 526 g/mol. The summed E-state index contributed by atoms with van der Waals surface area (Å²) in [5, 5.41) is 5.72. The number of nitrogens with one attached hydrogen (secondary N) is 2. The molecular formula is C27H32Cl2N6O. The van der Waals surface area contributed by atoms with Gasteiger partial charge in [-0.05, 0) is 82.8 Å². The number of fused-ring (bicyclic) bond motifs is 3. The minimum absolute atomic E-state index is 0.148. The molecule has 190 valence electrons. The Balaban J connectivity index is 1.65. The van der Waals surface area contributed by atoms with E-state index >= 15 is 0 Å². The predicted molar refractivity (Wildman–Crippen MR) is 153 cm³/mol.